The molecule has 1 rings (SSSR count). The second-order valence-electron chi connectivity index (χ2n) is 2.79. The van der Waals surface area contributed by atoms with E-state index in [9.17, 15) is 4.79 Å². The lowest BCUT2D eigenvalue weighted by molar-refractivity contribution is -0.142. The molecule has 3 N–H and O–H groups in total. The lowest BCUT2D eigenvalue weighted by Crippen LogP contribution is -2.35. The van der Waals surface area contributed by atoms with Gasteiger partial charge in [-0.15, -0.1) is 0 Å². The summed E-state index contributed by atoms with van der Waals surface area (Å²) < 4.78 is 0. The molecule has 0 aromatic rings. The second kappa shape index (κ2) is 1.70. The van der Waals surface area contributed by atoms with Gasteiger partial charge in [0.2, 0.25) is 0 Å². The summed E-state index contributed by atoms with van der Waals surface area (Å²) in [4.78, 5) is 10.3. The highest BCUT2D eigenvalue weighted by atomic mass is 16.4. The predicted octanol–water partition coefficient (Wildman–Crippen LogP) is 0.198. The van der Waals surface area contributed by atoms with E-state index in [-0.39, 0.29) is 11.5 Å². The first-order valence-electron chi connectivity index (χ1n) is 3.08. The maximum Gasteiger partial charge on any atom is 0.308 e. The van der Waals surface area contributed by atoms with Crippen LogP contribution in [0.5, 0.6) is 0 Å². The third-order valence-corrected chi connectivity index (χ3v) is 2.06. The van der Waals surface area contributed by atoms with E-state index in [0.29, 0.717) is 0 Å². The van der Waals surface area contributed by atoms with E-state index in [2.05, 4.69) is 0 Å². The van der Waals surface area contributed by atoms with Crippen LogP contribution in [0, 0.1) is 5.92 Å². The van der Waals surface area contributed by atoms with Gasteiger partial charge >= 0.3 is 5.97 Å². The van der Waals surface area contributed by atoms with Gasteiger partial charge in [-0.1, -0.05) is 6.92 Å². The van der Waals surface area contributed by atoms with Gasteiger partial charge in [0, 0.05) is 5.54 Å². The van der Waals surface area contributed by atoms with Crippen molar-refractivity contribution in [3.63, 3.8) is 0 Å². The average Bonchev–Trinajstić information content (AvgIpc) is 2.47. The summed E-state index contributed by atoms with van der Waals surface area (Å²) in [6, 6.07) is 0. The number of hydrogen-bond donors (Lipinski definition) is 2. The Balaban J connectivity index is 2.52. The van der Waals surface area contributed by atoms with Crippen molar-refractivity contribution >= 4 is 5.97 Å². The molecule has 52 valence electrons. The Morgan fingerprint density at radius 1 is 1.78 bits per heavy atom. The topological polar surface area (TPSA) is 63.3 Å². The van der Waals surface area contributed by atoms with Crippen LogP contribution in [0.15, 0.2) is 0 Å². The number of hydrogen-bond acceptors (Lipinski definition) is 2. The van der Waals surface area contributed by atoms with Gasteiger partial charge in [0.05, 0.1) is 5.92 Å². The minimum absolute atomic E-state index is 0.369. The van der Waals surface area contributed by atoms with Gasteiger partial charge in [-0.25, -0.2) is 0 Å². The van der Waals surface area contributed by atoms with Gasteiger partial charge in [-0.2, -0.15) is 0 Å². The second-order valence-corrected chi connectivity index (χ2v) is 2.79. The van der Waals surface area contributed by atoms with Gasteiger partial charge in [0.1, 0.15) is 0 Å². The average molecular weight is 129 g/mol. The van der Waals surface area contributed by atoms with Crippen LogP contribution in [0.4, 0.5) is 0 Å². The van der Waals surface area contributed by atoms with Crippen LogP contribution in [-0.4, -0.2) is 16.6 Å². The molecule has 0 radical (unpaired) electrons. The molecule has 3 nitrogen and oxygen atoms in total. The first-order chi connectivity index (χ1) is 4.06. The molecular formula is C6H11NO2. The standard InChI is InChI=1S/C6H11NO2/c1-4(5(8)9)6(7)2-3-6/h4H,2-3,7H2,1H3,(H,8,9)/t4-/m0/s1. The number of carboxylic acid groups (broad SMARTS) is 1. The maximum atomic E-state index is 10.3. The molecule has 0 spiro atoms. The Hall–Kier alpha value is -0.570. The summed E-state index contributed by atoms with van der Waals surface area (Å²) in [5, 5.41) is 8.48. The Labute approximate surface area is 53.9 Å². The van der Waals surface area contributed by atoms with E-state index >= 15 is 0 Å². The highest BCUT2D eigenvalue weighted by Crippen LogP contribution is 2.39. The Morgan fingerprint density at radius 2 is 2.22 bits per heavy atom. The zero-order chi connectivity index (χ0) is 7.07. The van der Waals surface area contributed by atoms with Crippen molar-refractivity contribution in [2.75, 3.05) is 0 Å². The molecular weight excluding hydrogens is 118 g/mol. The van der Waals surface area contributed by atoms with Crippen LogP contribution < -0.4 is 5.73 Å². The number of rotatable bonds is 2. The molecule has 1 fully saturated rings. The van der Waals surface area contributed by atoms with Gasteiger partial charge in [-0.3, -0.25) is 4.79 Å². The predicted molar refractivity (Wildman–Crippen MR) is 33.0 cm³/mol. The minimum atomic E-state index is -0.782. The lowest BCUT2D eigenvalue weighted by atomic mass is 10.0. The van der Waals surface area contributed by atoms with Gasteiger partial charge < -0.3 is 10.8 Å². The largest absolute Gasteiger partial charge is 0.481 e. The molecule has 0 amide bonds. The summed E-state index contributed by atoms with van der Waals surface area (Å²) in [6.07, 6.45) is 1.72. The van der Waals surface area contributed by atoms with Crippen molar-refractivity contribution in [2.45, 2.75) is 25.3 Å². The van der Waals surface area contributed by atoms with Crippen molar-refractivity contribution in [1.82, 2.24) is 0 Å². The summed E-state index contributed by atoms with van der Waals surface area (Å²) >= 11 is 0. The first-order valence-corrected chi connectivity index (χ1v) is 3.08. The molecule has 0 bridgehead atoms. The highest BCUT2D eigenvalue weighted by molar-refractivity contribution is 5.72. The van der Waals surface area contributed by atoms with Crippen molar-refractivity contribution in [3.05, 3.63) is 0 Å². The van der Waals surface area contributed by atoms with Crippen molar-refractivity contribution in [3.8, 4) is 0 Å². The summed E-state index contributed by atoms with van der Waals surface area (Å²) in [6.45, 7) is 1.66. The zero-order valence-corrected chi connectivity index (χ0v) is 5.42. The van der Waals surface area contributed by atoms with Crippen LogP contribution >= 0.6 is 0 Å². The SMILES string of the molecule is C[C@@H](C(=O)O)C1(N)CC1. The molecule has 0 aromatic carbocycles. The van der Waals surface area contributed by atoms with Crippen LogP contribution in [0.2, 0.25) is 0 Å². The fraction of sp³-hybridized carbons (Fsp3) is 0.833. The normalized spacial score (nSPS) is 25.1. The van der Waals surface area contributed by atoms with Crippen molar-refractivity contribution in [2.24, 2.45) is 11.7 Å². The Morgan fingerprint density at radius 3 is 2.33 bits per heavy atom. The smallest absolute Gasteiger partial charge is 0.308 e. The van der Waals surface area contributed by atoms with Gasteiger partial charge in [0.25, 0.3) is 0 Å². The molecule has 9 heavy (non-hydrogen) atoms. The number of carboxylic acids is 1. The maximum absolute atomic E-state index is 10.3. The van der Waals surface area contributed by atoms with Crippen LogP contribution in [0.3, 0.4) is 0 Å². The summed E-state index contributed by atoms with van der Waals surface area (Å²) in [5.41, 5.74) is 5.24. The molecule has 0 aromatic heterocycles. The molecule has 0 unspecified atom stereocenters. The number of nitrogens with two attached hydrogens (primary N) is 1. The molecule has 3 heteroatoms. The molecule has 0 saturated heterocycles. The molecule has 1 aliphatic carbocycles. The van der Waals surface area contributed by atoms with Gasteiger partial charge in [0.15, 0.2) is 0 Å². The third kappa shape index (κ3) is 1.05. The van der Waals surface area contributed by atoms with E-state index in [1.54, 1.807) is 6.92 Å². The van der Waals surface area contributed by atoms with Crippen LogP contribution in [0.1, 0.15) is 19.8 Å². The summed E-state index contributed by atoms with van der Waals surface area (Å²) in [5.74, 6) is -1.16. The lowest BCUT2D eigenvalue weighted by Gasteiger charge is -2.12. The van der Waals surface area contributed by atoms with Crippen molar-refractivity contribution < 1.29 is 9.90 Å². The quantitative estimate of drug-likeness (QED) is 0.559. The van der Waals surface area contributed by atoms with E-state index in [1.807, 2.05) is 0 Å². The highest BCUT2D eigenvalue weighted by Gasteiger charge is 2.46. The third-order valence-electron chi connectivity index (χ3n) is 2.06. The van der Waals surface area contributed by atoms with Crippen LogP contribution in [0.25, 0.3) is 0 Å². The molecule has 1 atom stereocenters. The Kier molecular flexibility index (Phi) is 1.24. The van der Waals surface area contributed by atoms with Crippen LogP contribution in [-0.2, 0) is 4.79 Å². The van der Waals surface area contributed by atoms with Crippen molar-refractivity contribution in [1.29, 1.82) is 0 Å². The molecule has 0 heterocycles. The monoisotopic (exact) mass is 129 g/mol. The molecule has 1 aliphatic rings. The number of carbonyl (C=O) groups is 1. The minimum Gasteiger partial charge on any atom is -0.481 e. The molecule has 0 aliphatic heterocycles. The van der Waals surface area contributed by atoms with E-state index in [0.717, 1.165) is 12.8 Å². The van der Waals surface area contributed by atoms with E-state index < -0.39 is 5.97 Å². The van der Waals surface area contributed by atoms with E-state index in [4.69, 9.17) is 10.8 Å². The van der Waals surface area contributed by atoms with E-state index in [1.165, 1.54) is 0 Å². The molecule has 1 saturated carbocycles. The fourth-order valence-corrected chi connectivity index (χ4v) is 0.823. The first kappa shape index (κ1) is 6.55. The van der Waals surface area contributed by atoms with Gasteiger partial charge in [-0.05, 0) is 12.8 Å². The fourth-order valence-electron chi connectivity index (χ4n) is 0.823. The number of aliphatic carboxylic acids is 1. The zero-order valence-electron chi connectivity index (χ0n) is 5.42. The summed E-state index contributed by atoms with van der Waals surface area (Å²) in [7, 11) is 0. The Bertz CT molecular complexity index is 140.